The summed E-state index contributed by atoms with van der Waals surface area (Å²) in [6.45, 7) is 9.02. The molecule has 0 radical (unpaired) electrons. The maximum atomic E-state index is 5.44. The Morgan fingerprint density at radius 2 is 1.75 bits per heavy atom. The van der Waals surface area contributed by atoms with E-state index in [1.807, 2.05) is 18.2 Å². The Morgan fingerprint density at radius 3 is 2.50 bits per heavy atom. The number of rotatable bonds is 6. The standard InChI is InChI=1S/C22H26N4OS/c1-17-8-9-20(16-18(17)2)26-21(19-6-4-3-5-7-19)23-24-22(26)28-15-12-25-10-13-27-14-11-25/h3-9,16H,10-15H2,1-2H3. The van der Waals surface area contributed by atoms with Crippen molar-refractivity contribution in [2.45, 2.75) is 19.0 Å². The number of benzene rings is 2. The Bertz CT molecular complexity index is 920. The van der Waals surface area contributed by atoms with E-state index in [0.29, 0.717) is 0 Å². The van der Waals surface area contributed by atoms with Crippen molar-refractivity contribution in [3.63, 3.8) is 0 Å². The zero-order valence-electron chi connectivity index (χ0n) is 16.5. The Morgan fingerprint density at radius 1 is 0.964 bits per heavy atom. The third-order valence-corrected chi connectivity index (χ3v) is 6.07. The molecule has 0 saturated carbocycles. The van der Waals surface area contributed by atoms with Crippen LogP contribution in [0.1, 0.15) is 11.1 Å². The number of ether oxygens (including phenoxy) is 1. The molecule has 1 aromatic heterocycles. The minimum absolute atomic E-state index is 0.835. The molecule has 2 heterocycles. The number of aromatic nitrogens is 3. The molecule has 0 aliphatic carbocycles. The quantitative estimate of drug-likeness (QED) is 0.592. The number of hydrogen-bond acceptors (Lipinski definition) is 5. The Balaban J connectivity index is 1.62. The first-order valence-corrected chi connectivity index (χ1v) is 10.7. The molecule has 0 amide bonds. The van der Waals surface area contributed by atoms with Crippen LogP contribution < -0.4 is 0 Å². The van der Waals surface area contributed by atoms with Gasteiger partial charge in [0.15, 0.2) is 11.0 Å². The maximum Gasteiger partial charge on any atom is 0.196 e. The summed E-state index contributed by atoms with van der Waals surface area (Å²) in [5.41, 5.74) is 4.75. The second kappa shape index (κ2) is 8.90. The van der Waals surface area contributed by atoms with Gasteiger partial charge >= 0.3 is 0 Å². The van der Waals surface area contributed by atoms with E-state index in [0.717, 1.165) is 60.8 Å². The van der Waals surface area contributed by atoms with Gasteiger partial charge in [-0.3, -0.25) is 9.47 Å². The van der Waals surface area contributed by atoms with Crippen LogP contribution in [-0.2, 0) is 4.74 Å². The van der Waals surface area contributed by atoms with Gasteiger partial charge in [-0.15, -0.1) is 10.2 Å². The third kappa shape index (κ3) is 4.29. The van der Waals surface area contributed by atoms with Crippen molar-refractivity contribution in [3.05, 3.63) is 59.7 Å². The molecule has 0 unspecified atom stereocenters. The van der Waals surface area contributed by atoms with Crippen LogP contribution in [0, 0.1) is 13.8 Å². The fourth-order valence-electron chi connectivity index (χ4n) is 3.33. The number of morpholine rings is 1. The molecular formula is C22H26N4OS. The lowest BCUT2D eigenvalue weighted by molar-refractivity contribution is 0.0410. The molecule has 5 nitrogen and oxygen atoms in total. The molecular weight excluding hydrogens is 368 g/mol. The van der Waals surface area contributed by atoms with Crippen molar-refractivity contribution >= 4 is 11.8 Å². The van der Waals surface area contributed by atoms with Crippen LogP contribution in [0.2, 0.25) is 0 Å². The smallest absolute Gasteiger partial charge is 0.196 e. The average Bonchev–Trinajstić information content (AvgIpc) is 3.15. The SMILES string of the molecule is Cc1ccc(-n2c(SCCN3CCOCC3)nnc2-c2ccccc2)cc1C. The van der Waals surface area contributed by atoms with Crippen LogP contribution in [0.4, 0.5) is 0 Å². The van der Waals surface area contributed by atoms with Gasteiger partial charge in [-0.1, -0.05) is 48.2 Å². The zero-order chi connectivity index (χ0) is 19.3. The Kier molecular flexibility index (Phi) is 6.10. The summed E-state index contributed by atoms with van der Waals surface area (Å²) in [5, 5.41) is 10.0. The van der Waals surface area contributed by atoms with Crippen LogP contribution >= 0.6 is 11.8 Å². The molecule has 0 atom stereocenters. The zero-order valence-corrected chi connectivity index (χ0v) is 17.3. The van der Waals surface area contributed by atoms with Crippen LogP contribution in [-0.4, -0.2) is 58.3 Å². The highest BCUT2D eigenvalue weighted by Crippen LogP contribution is 2.28. The predicted octanol–water partition coefficient (Wildman–Crippen LogP) is 3.98. The van der Waals surface area contributed by atoms with E-state index in [-0.39, 0.29) is 0 Å². The van der Waals surface area contributed by atoms with E-state index in [1.54, 1.807) is 11.8 Å². The van der Waals surface area contributed by atoms with Crippen molar-refractivity contribution in [1.29, 1.82) is 0 Å². The molecule has 146 valence electrons. The highest BCUT2D eigenvalue weighted by molar-refractivity contribution is 7.99. The largest absolute Gasteiger partial charge is 0.379 e. The van der Waals surface area contributed by atoms with Crippen LogP contribution in [0.5, 0.6) is 0 Å². The highest BCUT2D eigenvalue weighted by atomic mass is 32.2. The van der Waals surface area contributed by atoms with Crippen LogP contribution in [0.15, 0.2) is 53.7 Å². The topological polar surface area (TPSA) is 43.2 Å². The van der Waals surface area contributed by atoms with Crippen molar-refractivity contribution in [2.75, 3.05) is 38.6 Å². The third-order valence-electron chi connectivity index (χ3n) is 5.16. The number of hydrogen-bond donors (Lipinski definition) is 0. The summed E-state index contributed by atoms with van der Waals surface area (Å²) in [5.74, 6) is 1.87. The Labute approximate surface area is 170 Å². The molecule has 3 aromatic rings. The van der Waals surface area contributed by atoms with E-state index in [9.17, 15) is 0 Å². The van der Waals surface area contributed by atoms with E-state index >= 15 is 0 Å². The van der Waals surface area contributed by atoms with Crippen LogP contribution in [0.25, 0.3) is 17.1 Å². The van der Waals surface area contributed by atoms with Gasteiger partial charge in [0.2, 0.25) is 0 Å². The van der Waals surface area contributed by atoms with Crippen molar-refractivity contribution in [1.82, 2.24) is 19.7 Å². The molecule has 0 spiro atoms. The first-order chi connectivity index (χ1) is 13.7. The van der Waals surface area contributed by atoms with E-state index in [1.165, 1.54) is 11.1 Å². The summed E-state index contributed by atoms with van der Waals surface area (Å²) < 4.78 is 7.63. The van der Waals surface area contributed by atoms with Crippen molar-refractivity contribution in [3.8, 4) is 17.1 Å². The van der Waals surface area contributed by atoms with Gasteiger partial charge in [-0.05, 0) is 37.1 Å². The van der Waals surface area contributed by atoms with Gasteiger partial charge in [-0.25, -0.2) is 0 Å². The summed E-state index contributed by atoms with van der Waals surface area (Å²) >= 11 is 1.77. The number of thioether (sulfide) groups is 1. The van der Waals surface area contributed by atoms with Gasteiger partial charge in [-0.2, -0.15) is 0 Å². The van der Waals surface area contributed by atoms with Gasteiger partial charge < -0.3 is 4.74 Å². The summed E-state index contributed by atoms with van der Waals surface area (Å²) in [6, 6.07) is 16.8. The molecule has 1 aliphatic heterocycles. The van der Waals surface area contributed by atoms with Crippen LogP contribution in [0.3, 0.4) is 0 Å². The highest BCUT2D eigenvalue weighted by Gasteiger charge is 2.17. The molecule has 0 N–H and O–H groups in total. The lowest BCUT2D eigenvalue weighted by Crippen LogP contribution is -2.37. The van der Waals surface area contributed by atoms with E-state index < -0.39 is 0 Å². The minimum atomic E-state index is 0.835. The molecule has 4 rings (SSSR count). The number of aryl methyl sites for hydroxylation is 2. The molecule has 28 heavy (non-hydrogen) atoms. The number of nitrogens with zero attached hydrogens (tertiary/aromatic N) is 4. The average molecular weight is 395 g/mol. The minimum Gasteiger partial charge on any atom is -0.379 e. The monoisotopic (exact) mass is 394 g/mol. The van der Waals surface area contributed by atoms with Gasteiger partial charge in [0, 0.05) is 31.0 Å². The van der Waals surface area contributed by atoms with Gasteiger partial charge in [0.1, 0.15) is 0 Å². The molecule has 6 heteroatoms. The van der Waals surface area contributed by atoms with Gasteiger partial charge in [0.25, 0.3) is 0 Å². The first-order valence-electron chi connectivity index (χ1n) is 9.74. The maximum absolute atomic E-state index is 5.44. The Hall–Kier alpha value is -2.15. The van der Waals surface area contributed by atoms with Crippen molar-refractivity contribution in [2.24, 2.45) is 0 Å². The van der Waals surface area contributed by atoms with E-state index in [2.05, 4.69) is 63.8 Å². The van der Waals surface area contributed by atoms with E-state index in [4.69, 9.17) is 4.74 Å². The molecule has 1 saturated heterocycles. The normalized spacial score (nSPS) is 15.1. The van der Waals surface area contributed by atoms with Crippen molar-refractivity contribution < 1.29 is 4.74 Å². The second-order valence-electron chi connectivity index (χ2n) is 7.08. The first kappa shape index (κ1) is 19.2. The predicted molar refractivity (Wildman–Crippen MR) is 114 cm³/mol. The fourth-order valence-corrected chi connectivity index (χ4v) is 4.28. The molecule has 1 fully saturated rings. The second-order valence-corrected chi connectivity index (χ2v) is 8.14. The molecule has 2 aromatic carbocycles. The summed E-state index contributed by atoms with van der Waals surface area (Å²) in [7, 11) is 0. The fraction of sp³-hybridized carbons (Fsp3) is 0.364. The van der Waals surface area contributed by atoms with Gasteiger partial charge in [0.05, 0.1) is 18.9 Å². The lowest BCUT2D eigenvalue weighted by Gasteiger charge is -2.26. The summed E-state index contributed by atoms with van der Waals surface area (Å²) in [4.78, 5) is 2.45. The molecule has 0 bridgehead atoms. The molecule has 1 aliphatic rings. The summed E-state index contributed by atoms with van der Waals surface area (Å²) in [6.07, 6.45) is 0. The lowest BCUT2D eigenvalue weighted by atomic mass is 10.1.